The van der Waals surface area contributed by atoms with Gasteiger partial charge in [0.05, 0.1) is 13.2 Å². The quantitative estimate of drug-likeness (QED) is 0.772. The van der Waals surface area contributed by atoms with Gasteiger partial charge in [0, 0.05) is 39.3 Å². The van der Waals surface area contributed by atoms with Crippen LogP contribution in [-0.2, 0) is 19.6 Å². The molecule has 1 aromatic heterocycles. The zero-order chi connectivity index (χ0) is 17.6. The number of ether oxygens (including phenoxy) is 1. The zero-order valence-corrected chi connectivity index (χ0v) is 15.6. The van der Waals surface area contributed by atoms with Crippen LogP contribution in [0.4, 0.5) is 0 Å². The van der Waals surface area contributed by atoms with E-state index in [1.807, 2.05) is 13.8 Å². The molecule has 2 heterocycles. The van der Waals surface area contributed by atoms with Crippen molar-refractivity contribution < 1.29 is 4.74 Å². The van der Waals surface area contributed by atoms with E-state index in [0.29, 0.717) is 6.61 Å². The average molecular weight is 343 g/mol. The molecule has 0 saturated carbocycles. The molecule has 0 radical (unpaired) electrons. The first-order chi connectivity index (χ1) is 12.2. The molecular formula is C19H29N5O. The first-order valence-corrected chi connectivity index (χ1v) is 9.24. The maximum Gasteiger partial charge on any atom is 0.147 e. The molecule has 0 unspecified atom stereocenters. The Morgan fingerprint density at radius 1 is 0.920 bits per heavy atom. The van der Waals surface area contributed by atoms with Crippen molar-refractivity contribution in [3.63, 3.8) is 0 Å². The summed E-state index contributed by atoms with van der Waals surface area (Å²) in [4.78, 5) is 4.99. The summed E-state index contributed by atoms with van der Waals surface area (Å²) < 4.78 is 7.71. The lowest BCUT2D eigenvalue weighted by molar-refractivity contribution is 0.119. The van der Waals surface area contributed by atoms with Crippen LogP contribution in [0.5, 0.6) is 5.75 Å². The molecule has 0 spiro atoms. The molecule has 0 aliphatic carbocycles. The van der Waals surface area contributed by atoms with Crippen LogP contribution in [0.1, 0.15) is 31.1 Å². The van der Waals surface area contributed by atoms with Crippen molar-refractivity contribution in [1.82, 2.24) is 24.6 Å². The van der Waals surface area contributed by atoms with Crippen molar-refractivity contribution in [3.05, 3.63) is 41.5 Å². The Labute approximate surface area is 150 Å². The van der Waals surface area contributed by atoms with E-state index in [0.717, 1.165) is 63.2 Å². The standard InChI is InChI=1S/C19H29N5O/c1-4-24-16(3)20-21-19(24)15-23-12-10-22(11-13-23)14-17-6-8-18(9-7-17)25-5-2/h6-9H,4-5,10-15H2,1-3H3. The van der Waals surface area contributed by atoms with E-state index in [-0.39, 0.29) is 0 Å². The highest BCUT2D eigenvalue weighted by Crippen LogP contribution is 2.15. The molecule has 6 heteroatoms. The van der Waals surface area contributed by atoms with E-state index in [2.05, 4.69) is 55.8 Å². The maximum absolute atomic E-state index is 5.51. The highest BCUT2D eigenvalue weighted by Gasteiger charge is 2.19. The van der Waals surface area contributed by atoms with Crippen LogP contribution in [0.25, 0.3) is 0 Å². The van der Waals surface area contributed by atoms with Crippen molar-refractivity contribution >= 4 is 0 Å². The van der Waals surface area contributed by atoms with Gasteiger partial charge in [0.25, 0.3) is 0 Å². The van der Waals surface area contributed by atoms with Gasteiger partial charge in [-0.2, -0.15) is 0 Å². The van der Waals surface area contributed by atoms with E-state index in [1.54, 1.807) is 0 Å². The van der Waals surface area contributed by atoms with Crippen molar-refractivity contribution in [2.24, 2.45) is 0 Å². The predicted molar refractivity (Wildman–Crippen MR) is 98.6 cm³/mol. The minimum atomic E-state index is 0.715. The van der Waals surface area contributed by atoms with Gasteiger partial charge >= 0.3 is 0 Å². The normalized spacial score (nSPS) is 16.3. The third-order valence-corrected chi connectivity index (χ3v) is 4.80. The van der Waals surface area contributed by atoms with Gasteiger partial charge < -0.3 is 9.30 Å². The van der Waals surface area contributed by atoms with Gasteiger partial charge in [0.15, 0.2) is 0 Å². The number of hydrogen-bond acceptors (Lipinski definition) is 5. The molecule has 6 nitrogen and oxygen atoms in total. The molecule has 3 rings (SSSR count). The van der Waals surface area contributed by atoms with Crippen molar-refractivity contribution in [2.75, 3.05) is 32.8 Å². The monoisotopic (exact) mass is 343 g/mol. The lowest BCUT2D eigenvalue weighted by Gasteiger charge is -2.34. The number of hydrogen-bond donors (Lipinski definition) is 0. The minimum Gasteiger partial charge on any atom is -0.494 e. The van der Waals surface area contributed by atoms with Crippen LogP contribution in [0.2, 0.25) is 0 Å². The van der Waals surface area contributed by atoms with Crippen molar-refractivity contribution in [3.8, 4) is 5.75 Å². The Morgan fingerprint density at radius 3 is 2.16 bits per heavy atom. The molecule has 0 atom stereocenters. The fraction of sp³-hybridized carbons (Fsp3) is 0.579. The molecule has 2 aromatic rings. The topological polar surface area (TPSA) is 46.4 Å². The first kappa shape index (κ1) is 17.9. The lowest BCUT2D eigenvalue weighted by Crippen LogP contribution is -2.45. The van der Waals surface area contributed by atoms with Gasteiger partial charge in [0.2, 0.25) is 0 Å². The molecule has 1 aliphatic rings. The van der Waals surface area contributed by atoms with E-state index >= 15 is 0 Å². The number of aromatic nitrogens is 3. The van der Waals surface area contributed by atoms with Gasteiger partial charge in [-0.3, -0.25) is 9.80 Å². The smallest absolute Gasteiger partial charge is 0.147 e. The molecule has 1 saturated heterocycles. The molecule has 0 N–H and O–H groups in total. The lowest BCUT2D eigenvalue weighted by atomic mass is 10.2. The zero-order valence-electron chi connectivity index (χ0n) is 15.6. The van der Waals surface area contributed by atoms with Crippen LogP contribution < -0.4 is 4.74 Å². The summed E-state index contributed by atoms with van der Waals surface area (Å²) >= 11 is 0. The molecule has 1 fully saturated rings. The summed E-state index contributed by atoms with van der Waals surface area (Å²) in [5.74, 6) is 3.04. The number of nitrogens with zero attached hydrogens (tertiary/aromatic N) is 5. The Kier molecular flexibility index (Phi) is 6.04. The van der Waals surface area contributed by atoms with Crippen LogP contribution in [0, 0.1) is 6.92 Å². The molecule has 0 bridgehead atoms. The molecular weight excluding hydrogens is 314 g/mol. The summed E-state index contributed by atoms with van der Waals surface area (Å²) in [6, 6.07) is 8.47. The number of aryl methyl sites for hydroxylation is 1. The summed E-state index contributed by atoms with van der Waals surface area (Å²) in [6.45, 7) is 14.1. The number of rotatable bonds is 7. The van der Waals surface area contributed by atoms with Crippen molar-refractivity contribution in [1.29, 1.82) is 0 Å². The van der Waals surface area contributed by atoms with Crippen LogP contribution >= 0.6 is 0 Å². The summed E-state index contributed by atoms with van der Waals surface area (Å²) in [6.07, 6.45) is 0. The first-order valence-electron chi connectivity index (χ1n) is 9.24. The molecule has 1 aromatic carbocycles. The van der Waals surface area contributed by atoms with Crippen LogP contribution in [0.15, 0.2) is 24.3 Å². The van der Waals surface area contributed by atoms with Gasteiger partial charge in [-0.05, 0) is 38.5 Å². The van der Waals surface area contributed by atoms with Gasteiger partial charge in [-0.1, -0.05) is 12.1 Å². The number of benzene rings is 1. The largest absolute Gasteiger partial charge is 0.494 e. The molecule has 136 valence electrons. The predicted octanol–water partition coefficient (Wildman–Crippen LogP) is 2.32. The molecule has 25 heavy (non-hydrogen) atoms. The molecule has 1 aliphatic heterocycles. The van der Waals surface area contributed by atoms with E-state index < -0.39 is 0 Å². The Hall–Kier alpha value is -1.92. The van der Waals surface area contributed by atoms with Crippen LogP contribution in [0.3, 0.4) is 0 Å². The second-order valence-electron chi connectivity index (χ2n) is 6.54. The third-order valence-electron chi connectivity index (χ3n) is 4.80. The highest BCUT2D eigenvalue weighted by atomic mass is 16.5. The summed E-state index contributed by atoms with van der Waals surface area (Å²) in [7, 11) is 0. The number of piperazine rings is 1. The fourth-order valence-electron chi connectivity index (χ4n) is 3.37. The fourth-order valence-corrected chi connectivity index (χ4v) is 3.37. The van der Waals surface area contributed by atoms with Gasteiger partial charge in [-0.15, -0.1) is 10.2 Å². The van der Waals surface area contributed by atoms with E-state index in [9.17, 15) is 0 Å². The highest BCUT2D eigenvalue weighted by molar-refractivity contribution is 5.27. The average Bonchev–Trinajstić information content (AvgIpc) is 2.98. The van der Waals surface area contributed by atoms with Gasteiger partial charge in [0.1, 0.15) is 17.4 Å². The van der Waals surface area contributed by atoms with Gasteiger partial charge in [-0.25, -0.2) is 0 Å². The summed E-state index contributed by atoms with van der Waals surface area (Å²) in [5, 5.41) is 8.55. The minimum absolute atomic E-state index is 0.715. The second-order valence-corrected chi connectivity index (χ2v) is 6.54. The van der Waals surface area contributed by atoms with Crippen molar-refractivity contribution in [2.45, 2.75) is 40.4 Å². The Balaban J connectivity index is 1.48. The third kappa shape index (κ3) is 4.58. The molecule has 0 amide bonds. The summed E-state index contributed by atoms with van der Waals surface area (Å²) in [5.41, 5.74) is 1.35. The maximum atomic E-state index is 5.51. The Bertz CT molecular complexity index is 659. The van der Waals surface area contributed by atoms with Crippen LogP contribution in [-0.4, -0.2) is 57.4 Å². The second kappa shape index (κ2) is 8.45. The SMILES string of the molecule is CCOc1ccc(CN2CCN(Cc3nnc(C)n3CC)CC2)cc1. The Morgan fingerprint density at radius 2 is 1.56 bits per heavy atom. The van der Waals surface area contributed by atoms with E-state index in [4.69, 9.17) is 4.74 Å². The van der Waals surface area contributed by atoms with E-state index in [1.165, 1.54) is 5.56 Å².